The van der Waals surface area contributed by atoms with Crippen LogP contribution in [0.2, 0.25) is 0 Å². The van der Waals surface area contributed by atoms with Crippen molar-refractivity contribution in [1.29, 1.82) is 0 Å². The van der Waals surface area contributed by atoms with Gasteiger partial charge >= 0.3 is 0 Å². The lowest BCUT2D eigenvalue weighted by Crippen LogP contribution is -2.34. The van der Waals surface area contributed by atoms with E-state index in [4.69, 9.17) is 5.73 Å². The Balaban J connectivity index is 1.61. The van der Waals surface area contributed by atoms with Crippen LogP contribution in [0, 0.1) is 24.7 Å². The fourth-order valence-electron chi connectivity index (χ4n) is 3.21. The number of nitrogens with zero attached hydrogens (tertiary/aromatic N) is 1. The number of aromatic nitrogens is 1. The molecule has 3 nitrogen and oxygen atoms in total. The normalized spacial score (nSPS) is 20.8. The van der Waals surface area contributed by atoms with E-state index in [1.54, 1.807) is 0 Å². The van der Waals surface area contributed by atoms with Gasteiger partial charge in [0, 0.05) is 25.0 Å². The van der Waals surface area contributed by atoms with Crippen LogP contribution in [-0.2, 0) is 0 Å². The summed E-state index contributed by atoms with van der Waals surface area (Å²) in [5.74, 6) is 2.88. The molecule has 0 aromatic carbocycles. The van der Waals surface area contributed by atoms with Gasteiger partial charge in [-0.05, 0) is 74.1 Å². The molecule has 19 heavy (non-hydrogen) atoms. The van der Waals surface area contributed by atoms with Gasteiger partial charge in [0.1, 0.15) is 0 Å². The average molecular weight is 259 g/mol. The highest BCUT2D eigenvalue weighted by Gasteiger charge is 2.41. The van der Waals surface area contributed by atoms with Crippen molar-refractivity contribution in [1.82, 2.24) is 10.3 Å². The molecule has 3 heteroatoms. The zero-order valence-electron chi connectivity index (χ0n) is 11.8. The Morgan fingerprint density at radius 3 is 2.53 bits per heavy atom. The maximum Gasteiger partial charge on any atom is 0.0462 e. The molecule has 1 heterocycles. The lowest BCUT2D eigenvalue weighted by Gasteiger charge is -2.23. The molecule has 0 saturated heterocycles. The fraction of sp³-hybridized carbons (Fsp3) is 0.688. The van der Waals surface area contributed by atoms with Crippen molar-refractivity contribution in [2.75, 3.05) is 13.1 Å². The monoisotopic (exact) mass is 259 g/mol. The molecule has 1 aromatic rings. The third-order valence-corrected chi connectivity index (χ3v) is 4.75. The van der Waals surface area contributed by atoms with Crippen molar-refractivity contribution in [3.05, 3.63) is 29.6 Å². The second kappa shape index (κ2) is 5.59. The first-order chi connectivity index (χ1) is 9.29. The van der Waals surface area contributed by atoms with Gasteiger partial charge in [0.25, 0.3) is 0 Å². The van der Waals surface area contributed by atoms with Gasteiger partial charge in [0.2, 0.25) is 0 Å². The summed E-state index contributed by atoms with van der Waals surface area (Å²) in [7, 11) is 0. The van der Waals surface area contributed by atoms with Crippen LogP contribution in [0.3, 0.4) is 0 Å². The molecule has 0 bridgehead atoms. The molecule has 2 aliphatic rings. The number of aryl methyl sites for hydroxylation is 1. The van der Waals surface area contributed by atoms with Crippen LogP contribution >= 0.6 is 0 Å². The number of hydrogen-bond acceptors (Lipinski definition) is 3. The van der Waals surface area contributed by atoms with E-state index in [1.165, 1.54) is 36.8 Å². The van der Waals surface area contributed by atoms with Crippen molar-refractivity contribution >= 4 is 0 Å². The Bertz CT molecular complexity index is 412. The zero-order valence-corrected chi connectivity index (χ0v) is 11.8. The summed E-state index contributed by atoms with van der Waals surface area (Å²) >= 11 is 0. The second-order valence-electron chi connectivity index (χ2n) is 6.27. The van der Waals surface area contributed by atoms with E-state index in [2.05, 4.69) is 23.3 Å². The lowest BCUT2D eigenvalue weighted by molar-refractivity contribution is 0.357. The molecule has 1 unspecified atom stereocenters. The van der Waals surface area contributed by atoms with Gasteiger partial charge in [0.05, 0.1) is 0 Å². The molecule has 0 amide bonds. The van der Waals surface area contributed by atoms with E-state index in [9.17, 15) is 0 Å². The van der Waals surface area contributed by atoms with Crippen LogP contribution in [0.15, 0.2) is 18.5 Å². The average Bonchev–Trinajstić information content (AvgIpc) is 3.28. The van der Waals surface area contributed by atoms with Crippen LogP contribution in [-0.4, -0.2) is 18.1 Å². The topological polar surface area (TPSA) is 50.9 Å². The molecule has 3 rings (SSSR count). The molecule has 2 saturated carbocycles. The van der Waals surface area contributed by atoms with E-state index in [1.807, 2.05) is 12.4 Å². The number of nitrogens with one attached hydrogen (secondary N) is 1. The van der Waals surface area contributed by atoms with Crippen molar-refractivity contribution in [2.24, 2.45) is 23.5 Å². The van der Waals surface area contributed by atoms with Crippen LogP contribution in [0.4, 0.5) is 0 Å². The molecule has 1 aromatic heterocycles. The van der Waals surface area contributed by atoms with E-state index >= 15 is 0 Å². The summed E-state index contributed by atoms with van der Waals surface area (Å²) < 4.78 is 0. The standard InChI is InChI=1S/C16H25N3/c1-11-6-7-18-9-14(11)16(8-17)19-10-15(12-2-3-12)13-4-5-13/h6-7,9,12-13,15-16,19H,2-5,8,10,17H2,1H3. The first-order valence-corrected chi connectivity index (χ1v) is 7.63. The summed E-state index contributed by atoms with van der Waals surface area (Å²) in [5.41, 5.74) is 8.50. The zero-order chi connectivity index (χ0) is 13.2. The Morgan fingerprint density at radius 2 is 2.00 bits per heavy atom. The highest BCUT2D eigenvalue weighted by Crippen LogP contribution is 2.48. The number of pyridine rings is 1. The second-order valence-corrected chi connectivity index (χ2v) is 6.27. The van der Waals surface area contributed by atoms with E-state index in [0.29, 0.717) is 6.54 Å². The van der Waals surface area contributed by atoms with Crippen molar-refractivity contribution in [3.8, 4) is 0 Å². The molecule has 3 N–H and O–H groups in total. The Hall–Kier alpha value is -0.930. The van der Waals surface area contributed by atoms with Gasteiger partial charge in [-0.25, -0.2) is 0 Å². The van der Waals surface area contributed by atoms with Gasteiger partial charge in [-0.2, -0.15) is 0 Å². The van der Waals surface area contributed by atoms with Crippen molar-refractivity contribution < 1.29 is 0 Å². The summed E-state index contributed by atoms with van der Waals surface area (Å²) in [6.07, 6.45) is 9.60. The third kappa shape index (κ3) is 3.15. The van der Waals surface area contributed by atoms with E-state index in [0.717, 1.165) is 24.3 Å². The number of hydrogen-bond donors (Lipinski definition) is 2. The Morgan fingerprint density at radius 1 is 1.32 bits per heavy atom. The molecule has 2 fully saturated rings. The molecule has 0 radical (unpaired) electrons. The molecule has 104 valence electrons. The van der Waals surface area contributed by atoms with E-state index < -0.39 is 0 Å². The summed E-state index contributed by atoms with van der Waals surface area (Å²) in [6, 6.07) is 2.33. The number of rotatable bonds is 7. The van der Waals surface area contributed by atoms with Gasteiger partial charge in [-0.15, -0.1) is 0 Å². The maximum atomic E-state index is 5.95. The highest BCUT2D eigenvalue weighted by molar-refractivity contribution is 5.25. The van der Waals surface area contributed by atoms with Gasteiger partial charge in [-0.3, -0.25) is 4.98 Å². The first kappa shape index (κ1) is 13.1. The molecule has 2 aliphatic carbocycles. The SMILES string of the molecule is Cc1ccncc1C(CN)NCC(C1CC1)C1CC1. The van der Waals surface area contributed by atoms with Crippen LogP contribution in [0.1, 0.15) is 42.9 Å². The molecule has 0 aliphatic heterocycles. The Kier molecular flexibility index (Phi) is 3.85. The summed E-state index contributed by atoms with van der Waals surface area (Å²) in [6.45, 7) is 3.92. The summed E-state index contributed by atoms with van der Waals surface area (Å²) in [5, 5.41) is 3.70. The van der Waals surface area contributed by atoms with Crippen molar-refractivity contribution in [3.63, 3.8) is 0 Å². The maximum absolute atomic E-state index is 5.95. The smallest absolute Gasteiger partial charge is 0.0462 e. The minimum Gasteiger partial charge on any atom is -0.329 e. The van der Waals surface area contributed by atoms with Crippen LogP contribution < -0.4 is 11.1 Å². The Labute approximate surface area is 116 Å². The minimum atomic E-state index is 0.258. The van der Waals surface area contributed by atoms with Gasteiger partial charge in [-0.1, -0.05) is 0 Å². The molecule has 0 spiro atoms. The third-order valence-electron chi connectivity index (χ3n) is 4.75. The van der Waals surface area contributed by atoms with E-state index in [-0.39, 0.29) is 6.04 Å². The molecular weight excluding hydrogens is 234 g/mol. The quantitative estimate of drug-likeness (QED) is 0.790. The van der Waals surface area contributed by atoms with Crippen LogP contribution in [0.25, 0.3) is 0 Å². The minimum absolute atomic E-state index is 0.258. The predicted octanol–water partition coefficient (Wildman–Crippen LogP) is 2.42. The van der Waals surface area contributed by atoms with Gasteiger partial charge < -0.3 is 11.1 Å². The largest absolute Gasteiger partial charge is 0.329 e. The van der Waals surface area contributed by atoms with Gasteiger partial charge in [0.15, 0.2) is 0 Å². The highest BCUT2D eigenvalue weighted by atomic mass is 14.9. The molecule has 1 atom stereocenters. The summed E-state index contributed by atoms with van der Waals surface area (Å²) in [4.78, 5) is 4.24. The first-order valence-electron chi connectivity index (χ1n) is 7.63. The molecular formula is C16H25N3. The number of nitrogens with two attached hydrogens (primary N) is 1. The lowest BCUT2D eigenvalue weighted by atomic mass is 9.96. The fourth-order valence-corrected chi connectivity index (χ4v) is 3.21. The van der Waals surface area contributed by atoms with Crippen molar-refractivity contribution in [2.45, 2.75) is 38.6 Å². The predicted molar refractivity (Wildman–Crippen MR) is 77.7 cm³/mol. The van der Waals surface area contributed by atoms with Crippen LogP contribution in [0.5, 0.6) is 0 Å².